The summed E-state index contributed by atoms with van der Waals surface area (Å²) in [6.07, 6.45) is 12.2. The first-order valence-electron chi connectivity index (χ1n) is 10.6. The van der Waals surface area contributed by atoms with E-state index in [0.29, 0.717) is 24.2 Å². The van der Waals surface area contributed by atoms with Gasteiger partial charge in [0.15, 0.2) is 0 Å². The van der Waals surface area contributed by atoms with Gasteiger partial charge in [-0.2, -0.15) is 0 Å². The smallest absolute Gasteiger partial charge is 0.0991 e. The maximum absolute atomic E-state index is 6.42. The van der Waals surface area contributed by atoms with Crippen LogP contribution >= 0.6 is 0 Å². The van der Waals surface area contributed by atoms with Gasteiger partial charge in [0.1, 0.15) is 0 Å². The molecule has 0 atom stereocenters. The average molecular weight is 354 g/mol. The highest BCUT2D eigenvalue weighted by atomic mass is 16.6. The van der Waals surface area contributed by atoms with Crippen LogP contribution in [0, 0.1) is 11.3 Å². The quantitative estimate of drug-likeness (QED) is 0.554. The molecule has 3 heteroatoms. The molecule has 0 aliphatic heterocycles. The number of hydrogen-bond acceptors (Lipinski definition) is 3. The summed E-state index contributed by atoms with van der Waals surface area (Å²) in [6.45, 7) is 12.9. The van der Waals surface area contributed by atoms with E-state index in [0.717, 1.165) is 12.6 Å². The van der Waals surface area contributed by atoms with Crippen LogP contribution in [-0.2, 0) is 9.47 Å². The first-order chi connectivity index (χ1) is 11.7. The van der Waals surface area contributed by atoms with Crippen molar-refractivity contribution in [3.8, 4) is 0 Å². The van der Waals surface area contributed by atoms with Gasteiger partial charge in [-0.25, -0.2) is 0 Å². The van der Waals surface area contributed by atoms with Crippen molar-refractivity contribution in [1.82, 2.24) is 4.90 Å². The zero-order chi connectivity index (χ0) is 18.5. The van der Waals surface area contributed by atoms with Crippen LogP contribution in [0.1, 0.15) is 92.4 Å². The lowest BCUT2D eigenvalue weighted by Crippen LogP contribution is -2.40. The molecule has 0 aromatic heterocycles. The van der Waals surface area contributed by atoms with E-state index >= 15 is 0 Å². The molecule has 0 unspecified atom stereocenters. The van der Waals surface area contributed by atoms with E-state index in [2.05, 4.69) is 46.6 Å². The summed E-state index contributed by atoms with van der Waals surface area (Å²) in [5, 5.41) is 0. The number of ether oxygens (including phenoxy) is 2. The number of rotatable bonds is 7. The molecule has 2 fully saturated rings. The molecular weight excluding hydrogens is 310 g/mol. The van der Waals surface area contributed by atoms with Crippen molar-refractivity contribution in [2.45, 2.75) is 110 Å². The van der Waals surface area contributed by atoms with E-state index in [1.54, 1.807) is 0 Å². The number of hydrogen-bond donors (Lipinski definition) is 0. The lowest BCUT2D eigenvalue weighted by Gasteiger charge is -2.39. The third-order valence-corrected chi connectivity index (χ3v) is 6.33. The highest BCUT2D eigenvalue weighted by Crippen LogP contribution is 2.39. The molecule has 0 saturated heterocycles. The van der Waals surface area contributed by atoms with Crippen LogP contribution in [0.25, 0.3) is 0 Å². The van der Waals surface area contributed by atoms with Gasteiger partial charge in [-0.3, -0.25) is 4.90 Å². The fourth-order valence-electron chi connectivity index (χ4n) is 4.59. The average Bonchev–Trinajstić information content (AvgIpc) is 2.54. The van der Waals surface area contributed by atoms with E-state index in [9.17, 15) is 0 Å². The predicted octanol–water partition coefficient (Wildman–Crippen LogP) is 5.63. The molecular formula is C22H43NO2. The van der Waals surface area contributed by atoms with Crippen molar-refractivity contribution >= 4 is 0 Å². The minimum Gasteiger partial charge on any atom is -0.370 e. The third kappa shape index (κ3) is 7.19. The van der Waals surface area contributed by atoms with Crippen LogP contribution in [0.5, 0.6) is 0 Å². The monoisotopic (exact) mass is 353 g/mol. The lowest BCUT2D eigenvalue weighted by molar-refractivity contribution is -0.138. The van der Waals surface area contributed by atoms with Crippen molar-refractivity contribution in [3.63, 3.8) is 0 Å². The summed E-state index contributed by atoms with van der Waals surface area (Å²) in [7, 11) is 2.21. The SMILES string of the molecule is CN(COCC(C)(C)OC1CCC(C(C)(C)C)CC1)C1CCCCC1. The second-order valence-electron chi connectivity index (χ2n) is 10.2. The van der Waals surface area contributed by atoms with Gasteiger partial charge < -0.3 is 9.47 Å². The Morgan fingerprint density at radius 1 is 0.840 bits per heavy atom. The van der Waals surface area contributed by atoms with Crippen LogP contribution < -0.4 is 0 Å². The first kappa shape index (κ1) is 21.2. The summed E-state index contributed by atoms with van der Waals surface area (Å²) >= 11 is 0. The fourth-order valence-corrected chi connectivity index (χ4v) is 4.59. The molecule has 2 aliphatic rings. The summed E-state index contributed by atoms with van der Waals surface area (Å²) in [5.74, 6) is 0.843. The first-order valence-corrected chi connectivity index (χ1v) is 10.6. The Morgan fingerprint density at radius 2 is 1.44 bits per heavy atom. The van der Waals surface area contributed by atoms with Crippen LogP contribution in [0.2, 0.25) is 0 Å². The molecule has 148 valence electrons. The van der Waals surface area contributed by atoms with Crippen molar-refractivity contribution in [3.05, 3.63) is 0 Å². The van der Waals surface area contributed by atoms with Gasteiger partial charge in [-0.05, 0) is 70.8 Å². The summed E-state index contributed by atoms with van der Waals surface area (Å²) in [6, 6.07) is 0.713. The van der Waals surface area contributed by atoms with Crippen molar-refractivity contribution in [2.24, 2.45) is 11.3 Å². The molecule has 0 N–H and O–H groups in total. The topological polar surface area (TPSA) is 21.7 Å². The molecule has 0 heterocycles. The highest BCUT2D eigenvalue weighted by molar-refractivity contribution is 4.82. The minimum absolute atomic E-state index is 0.188. The highest BCUT2D eigenvalue weighted by Gasteiger charge is 2.32. The van der Waals surface area contributed by atoms with Gasteiger partial charge in [0, 0.05) is 6.04 Å². The third-order valence-electron chi connectivity index (χ3n) is 6.33. The maximum atomic E-state index is 6.42. The molecule has 0 amide bonds. The summed E-state index contributed by atoms with van der Waals surface area (Å²) < 4.78 is 12.5. The standard InChI is InChI=1S/C22H43NO2/c1-21(2,3)18-12-14-20(15-13-18)25-22(4,5)16-24-17-23(6)19-10-8-7-9-11-19/h18-20H,7-17H2,1-6H3. The molecule has 0 aromatic rings. The Balaban J connectivity index is 1.66. The van der Waals surface area contributed by atoms with Gasteiger partial charge in [0.2, 0.25) is 0 Å². The van der Waals surface area contributed by atoms with E-state index in [1.165, 1.54) is 57.8 Å². The van der Waals surface area contributed by atoms with Crippen molar-refractivity contribution in [2.75, 3.05) is 20.4 Å². The van der Waals surface area contributed by atoms with Gasteiger partial charge in [-0.1, -0.05) is 40.0 Å². The van der Waals surface area contributed by atoms with Crippen LogP contribution in [0.15, 0.2) is 0 Å². The molecule has 25 heavy (non-hydrogen) atoms. The molecule has 3 nitrogen and oxygen atoms in total. The van der Waals surface area contributed by atoms with Gasteiger partial charge >= 0.3 is 0 Å². The summed E-state index contributed by atoms with van der Waals surface area (Å²) in [4.78, 5) is 2.39. The van der Waals surface area contributed by atoms with Gasteiger partial charge in [-0.15, -0.1) is 0 Å². The molecule has 2 rings (SSSR count). The Hall–Kier alpha value is -0.120. The maximum Gasteiger partial charge on any atom is 0.0991 e. The Morgan fingerprint density at radius 3 is 2.00 bits per heavy atom. The fraction of sp³-hybridized carbons (Fsp3) is 1.00. The molecule has 2 aliphatic carbocycles. The van der Waals surface area contributed by atoms with Gasteiger partial charge in [0.05, 0.1) is 25.0 Å². The predicted molar refractivity (Wildman–Crippen MR) is 106 cm³/mol. The zero-order valence-corrected chi connectivity index (χ0v) is 17.8. The van der Waals surface area contributed by atoms with E-state index in [1.807, 2.05) is 0 Å². The molecule has 2 saturated carbocycles. The van der Waals surface area contributed by atoms with Crippen LogP contribution in [0.4, 0.5) is 0 Å². The Bertz CT molecular complexity index is 374. The zero-order valence-electron chi connectivity index (χ0n) is 17.8. The lowest BCUT2D eigenvalue weighted by atomic mass is 9.72. The molecule has 0 spiro atoms. The number of nitrogens with zero attached hydrogens (tertiary/aromatic N) is 1. The molecule has 0 radical (unpaired) electrons. The van der Waals surface area contributed by atoms with Crippen molar-refractivity contribution < 1.29 is 9.47 Å². The minimum atomic E-state index is -0.188. The van der Waals surface area contributed by atoms with Crippen LogP contribution in [0.3, 0.4) is 0 Å². The van der Waals surface area contributed by atoms with Crippen LogP contribution in [-0.4, -0.2) is 43.0 Å². The van der Waals surface area contributed by atoms with Gasteiger partial charge in [0.25, 0.3) is 0 Å². The van der Waals surface area contributed by atoms with E-state index in [-0.39, 0.29) is 5.60 Å². The molecule has 0 bridgehead atoms. The second-order valence-corrected chi connectivity index (χ2v) is 10.2. The normalized spacial score (nSPS) is 27.0. The van der Waals surface area contributed by atoms with E-state index < -0.39 is 0 Å². The summed E-state index contributed by atoms with van der Waals surface area (Å²) in [5.41, 5.74) is 0.250. The van der Waals surface area contributed by atoms with Crippen molar-refractivity contribution in [1.29, 1.82) is 0 Å². The second kappa shape index (κ2) is 9.19. The largest absolute Gasteiger partial charge is 0.370 e. The Labute approximate surface area is 156 Å². The van der Waals surface area contributed by atoms with E-state index in [4.69, 9.17) is 9.47 Å². The Kier molecular flexibility index (Phi) is 7.79. The molecule has 0 aromatic carbocycles.